The second kappa shape index (κ2) is 8.83. The zero-order valence-electron chi connectivity index (χ0n) is 14.8. The summed E-state index contributed by atoms with van der Waals surface area (Å²) in [7, 11) is -3.57. The zero-order valence-corrected chi connectivity index (χ0v) is 16.4. The summed E-state index contributed by atoms with van der Waals surface area (Å²) < 4.78 is 64.3. The maximum absolute atomic E-state index is 13.1. The van der Waals surface area contributed by atoms with Crippen molar-refractivity contribution in [3.63, 3.8) is 0 Å². The largest absolute Gasteiger partial charge is 0.418 e. The number of anilines is 2. The number of carbonyl (C=O) groups excluding carboxylic acids is 1. The van der Waals surface area contributed by atoms with Crippen LogP contribution in [0.4, 0.5) is 24.5 Å². The molecule has 0 unspecified atom stereocenters. The van der Waals surface area contributed by atoms with E-state index in [0.29, 0.717) is 5.69 Å². The highest BCUT2D eigenvalue weighted by Gasteiger charge is 2.34. The van der Waals surface area contributed by atoms with Gasteiger partial charge in [0.25, 0.3) is 0 Å². The topological polar surface area (TPSA) is 66.5 Å². The predicted molar refractivity (Wildman–Crippen MR) is 103 cm³/mol. The highest BCUT2D eigenvalue weighted by Crippen LogP contribution is 2.36. The van der Waals surface area contributed by atoms with Gasteiger partial charge < -0.3 is 5.32 Å². The Morgan fingerprint density at radius 2 is 1.79 bits per heavy atom. The number of nitrogens with zero attached hydrogens (tertiary/aromatic N) is 1. The summed E-state index contributed by atoms with van der Waals surface area (Å²) >= 11 is 5.60. The Balaban J connectivity index is 2.03. The Bertz CT molecular complexity index is 935. The molecule has 0 aliphatic rings. The van der Waals surface area contributed by atoms with Gasteiger partial charge in [0.2, 0.25) is 15.9 Å². The molecule has 1 N–H and O–H groups in total. The van der Waals surface area contributed by atoms with E-state index in [4.69, 9.17) is 11.6 Å². The van der Waals surface area contributed by atoms with Crippen LogP contribution in [0.2, 0.25) is 5.02 Å². The van der Waals surface area contributed by atoms with E-state index in [1.165, 1.54) is 6.07 Å². The van der Waals surface area contributed by atoms with Crippen molar-refractivity contribution in [2.24, 2.45) is 0 Å². The van der Waals surface area contributed by atoms with Gasteiger partial charge in [-0.05, 0) is 36.8 Å². The minimum atomic E-state index is -4.67. The van der Waals surface area contributed by atoms with Gasteiger partial charge in [-0.2, -0.15) is 13.2 Å². The Labute approximate surface area is 166 Å². The van der Waals surface area contributed by atoms with Crippen LogP contribution in [0.25, 0.3) is 0 Å². The van der Waals surface area contributed by atoms with Crippen molar-refractivity contribution in [1.82, 2.24) is 0 Å². The van der Waals surface area contributed by atoms with Crippen molar-refractivity contribution in [1.29, 1.82) is 0 Å². The van der Waals surface area contributed by atoms with Gasteiger partial charge in [0.15, 0.2) is 0 Å². The van der Waals surface area contributed by atoms with Crippen LogP contribution < -0.4 is 9.62 Å². The molecule has 152 valence electrons. The molecule has 0 aromatic heterocycles. The molecule has 0 atom stereocenters. The second-order valence-corrected chi connectivity index (χ2v) is 8.35. The van der Waals surface area contributed by atoms with Gasteiger partial charge in [0, 0.05) is 18.0 Å². The first kappa shape index (κ1) is 22.0. The number of carbonyl (C=O) groups is 1. The average Bonchev–Trinajstić information content (AvgIpc) is 2.59. The molecule has 1 amide bonds. The van der Waals surface area contributed by atoms with Crippen LogP contribution >= 0.6 is 11.6 Å². The number of benzene rings is 2. The fourth-order valence-corrected chi connectivity index (χ4v) is 3.67. The fraction of sp³-hybridized carbons (Fsp3) is 0.278. The van der Waals surface area contributed by atoms with Crippen molar-refractivity contribution in [3.05, 3.63) is 59.1 Å². The van der Waals surface area contributed by atoms with Crippen LogP contribution in [0, 0.1) is 0 Å². The quantitative estimate of drug-likeness (QED) is 0.695. The molecule has 0 aliphatic heterocycles. The molecule has 2 aromatic rings. The summed E-state index contributed by atoms with van der Waals surface area (Å²) in [6, 6.07) is 11.4. The highest BCUT2D eigenvalue weighted by molar-refractivity contribution is 7.92. The van der Waals surface area contributed by atoms with Gasteiger partial charge in [0.1, 0.15) is 0 Å². The first-order valence-electron chi connectivity index (χ1n) is 8.18. The number of alkyl halides is 3. The summed E-state index contributed by atoms with van der Waals surface area (Å²) in [4.78, 5) is 12.1. The van der Waals surface area contributed by atoms with Crippen molar-refractivity contribution < 1.29 is 26.4 Å². The lowest BCUT2D eigenvalue weighted by Crippen LogP contribution is -2.31. The lowest BCUT2D eigenvalue weighted by molar-refractivity contribution is -0.137. The molecule has 0 saturated carbocycles. The molecule has 0 fully saturated rings. The third-order valence-electron chi connectivity index (χ3n) is 3.77. The average molecular weight is 435 g/mol. The molecule has 0 radical (unpaired) electrons. The molecule has 0 aliphatic carbocycles. The van der Waals surface area contributed by atoms with Crippen LogP contribution in [0.3, 0.4) is 0 Å². The minimum Gasteiger partial charge on any atom is -0.326 e. The summed E-state index contributed by atoms with van der Waals surface area (Å²) in [6.45, 7) is 0.0169. The Hall–Kier alpha value is -2.26. The van der Waals surface area contributed by atoms with Gasteiger partial charge in [-0.15, -0.1) is 0 Å². The van der Waals surface area contributed by atoms with Crippen LogP contribution in [0.15, 0.2) is 48.5 Å². The number of amides is 1. The molecular weight excluding hydrogens is 417 g/mol. The lowest BCUT2D eigenvalue weighted by atomic mass is 10.1. The number of sulfonamides is 1. The third-order valence-corrected chi connectivity index (χ3v) is 5.20. The molecule has 2 aromatic carbocycles. The molecule has 0 spiro atoms. The Morgan fingerprint density at radius 1 is 1.14 bits per heavy atom. The van der Waals surface area contributed by atoms with Crippen LogP contribution in [-0.2, 0) is 21.0 Å². The monoisotopic (exact) mass is 434 g/mol. The van der Waals surface area contributed by atoms with Gasteiger partial charge >= 0.3 is 6.18 Å². The molecule has 10 heteroatoms. The van der Waals surface area contributed by atoms with Crippen molar-refractivity contribution in [3.8, 4) is 0 Å². The summed E-state index contributed by atoms with van der Waals surface area (Å²) in [6.07, 6.45) is -3.65. The van der Waals surface area contributed by atoms with E-state index in [0.717, 1.165) is 22.7 Å². The first-order chi connectivity index (χ1) is 13.0. The lowest BCUT2D eigenvalue weighted by Gasteiger charge is -2.22. The van der Waals surface area contributed by atoms with Crippen molar-refractivity contribution in [2.75, 3.05) is 22.4 Å². The zero-order chi connectivity index (χ0) is 20.9. The summed E-state index contributed by atoms with van der Waals surface area (Å²) in [5, 5.41) is 2.11. The van der Waals surface area contributed by atoms with Gasteiger partial charge in [-0.3, -0.25) is 9.10 Å². The standard InChI is InChI=1S/C18H18ClF3N2O3S/c1-28(26,27)24(14-6-3-2-4-7-14)11-5-8-17(25)23-16-10-9-13(19)12-15(16)18(20,21)22/h2-4,6-7,9-10,12H,5,8,11H2,1H3,(H,23,25). The number of halogens is 4. The molecule has 28 heavy (non-hydrogen) atoms. The summed E-state index contributed by atoms with van der Waals surface area (Å²) in [5.74, 6) is -0.658. The van der Waals surface area contributed by atoms with E-state index in [9.17, 15) is 26.4 Å². The van der Waals surface area contributed by atoms with Gasteiger partial charge in [-0.1, -0.05) is 29.8 Å². The van der Waals surface area contributed by atoms with E-state index < -0.39 is 33.4 Å². The molecule has 2 rings (SSSR count). The van der Waals surface area contributed by atoms with Crippen LogP contribution in [0.1, 0.15) is 18.4 Å². The predicted octanol–water partition coefficient (Wildman–Crippen LogP) is 4.54. The molecule has 5 nitrogen and oxygen atoms in total. The van der Waals surface area contributed by atoms with Crippen molar-refractivity contribution >= 4 is 38.9 Å². The number of rotatable bonds is 7. The van der Waals surface area contributed by atoms with Gasteiger partial charge in [-0.25, -0.2) is 8.42 Å². The Morgan fingerprint density at radius 3 is 2.36 bits per heavy atom. The highest BCUT2D eigenvalue weighted by atomic mass is 35.5. The Kier molecular flexibility index (Phi) is 6.95. The van der Waals surface area contributed by atoms with E-state index in [2.05, 4.69) is 5.32 Å². The normalized spacial score (nSPS) is 11.9. The minimum absolute atomic E-state index is 0.0169. The summed E-state index contributed by atoms with van der Waals surface area (Å²) in [5.41, 5.74) is -0.997. The van der Waals surface area contributed by atoms with E-state index in [1.54, 1.807) is 30.3 Å². The maximum atomic E-state index is 13.1. The van der Waals surface area contributed by atoms with Crippen molar-refractivity contribution in [2.45, 2.75) is 19.0 Å². The molecule has 0 heterocycles. The van der Waals surface area contributed by atoms with E-state index >= 15 is 0 Å². The first-order valence-corrected chi connectivity index (χ1v) is 10.4. The molecule has 0 saturated heterocycles. The fourth-order valence-electron chi connectivity index (χ4n) is 2.54. The number of hydrogen-bond acceptors (Lipinski definition) is 3. The second-order valence-electron chi connectivity index (χ2n) is 6.01. The van der Waals surface area contributed by atoms with E-state index in [1.807, 2.05) is 0 Å². The third kappa shape index (κ3) is 6.13. The smallest absolute Gasteiger partial charge is 0.326 e. The maximum Gasteiger partial charge on any atom is 0.418 e. The van der Waals surface area contributed by atoms with Gasteiger partial charge in [0.05, 0.1) is 23.2 Å². The van der Waals surface area contributed by atoms with Crippen LogP contribution in [0.5, 0.6) is 0 Å². The number of nitrogens with one attached hydrogen (secondary N) is 1. The number of para-hydroxylation sites is 1. The van der Waals surface area contributed by atoms with E-state index in [-0.39, 0.29) is 24.4 Å². The molecule has 0 bridgehead atoms. The van der Waals surface area contributed by atoms with Crippen LogP contribution in [-0.4, -0.2) is 27.1 Å². The number of hydrogen-bond donors (Lipinski definition) is 1. The molecular formula is C18H18ClF3N2O3S. The SMILES string of the molecule is CS(=O)(=O)N(CCCC(=O)Nc1ccc(Cl)cc1C(F)(F)F)c1ccccc1.